The van der Waals surface area contributed by atoms with Crippen LogP contribution in [0.2, 0.25) is 0 Å². The first-order chi connectivity index (χ1) is 13.5. The molecular formula is C22H23N3O3. The molecule has 1 aliphatic rings. The number of hydrogen-bond acceptors (Lipinski definition) is 3. The quantitative estimate of drug-likeness (QED) is 0.659. The van der Waals surface area contributed by atoms with Crippen molar-refractivity contribution in [1.29, 1.82) is 0 Å². The fourth-order valence-corrected chi connectivity index (χ4v) is 4.21. The molecule has 1 aromatic heterocycles. The van der Waals surface area contributed by atoms with Gasteiger partial charge >= 0.3 is 11.1 Å². The number of anilines is 1. The highest BCUT2D eigenvalue weighted by Gasteiger charge is 2.36. The number of aromatic nitrogens is 2. The van der Waals surface area contributed by atoms with Crippen LogP contribution < -0.4 is 16.0 Å². The number of benzene rings is 2. The number of amides is 1. The van der Waals surface area contributed by atoms with Gasteiger partial charge in [-0.3, -0.25) is 19.0 Å². The minimum absolute atomic E-state index is 0.0112. The van der Waals surface area contributed by atoms with E-state index in [1.807, 2.05) is 50.2 Å². The highest BCUT2D eigenvalue weighted by Crippen LogP contribution is 2.40. The Morgan fingerprint density at radius 2 is 1.46 bits per heavy atom. The molecule has 4 rings (SSSR count). The summed E-state index contributed by atoms with van der Waals surface area (Å²) < 4.78 is 2.76. The average Bonchev–Trinajstić information content (AvgIpc) is 2.96. The third-order valence-corrected chi connectivity index (χ3v) is 5.83. The van der Waals surface area contributed by atoms with Gasteiger partial charge in [0.2, 0.25) is 5.91 Å². The van der Waals surface area contributed by atoms with Crippen molar-refractivity contribution in [2.24, 2.45) is 0 Å². The van der Waals surface area contributed by atoms with Gasteiger partial charge in [0.25, 0.3) is 0 Å². The summed E-state index contributed by atoms with van der Waals surface area (Å²) in [6, 6.07) is 15.1. The first-order valence-electron chi connectivity index (χ1n) is 9.59. The third kappa shape index (κ3) is 2.59. The minimum Gasteiger partial charge on any atom is -0.307 e. The summed E-state index contributed by atoms with van der Waals surface area (Å²) in [4.78, 5) is 40.3. The predicted octanol–water partition coefficient (Wildman–Crippen LogP) is 2.72. The van der Waals surface area contributed by atoms with Gasteiger partial charge in [0.15, 0.2) is 0 Å². The lowest BCUT2D eigenvalue weighted by Crippen LogP contribution is -2.45. The zero-order valence-electron chi connectivity index (χ0n) is 16.3. The third-order valence-electron chi connectivity index (χ3n) is 5.83. The van der Waals surface area contributed by atoms with Gasteiger partial charge in [-0.2, -0.15) is 0 Å². The Hall–Kier alpha value is -3.15. The summed E-state index contributed by atoms with van der Waals surface area (Å²) in [6.45, 7) is 6.17. The maximum Gasteiger partial charge on any atom is 0.317 e. The van der Waals surface area contributed by atoms with E-state index in [1.54, 1.807) is 17.0 Å². The van der Waals surface area contributed by atoms with E-state index in [2.05, 4.69) is 6.92 Å². The molecule has 0 saturated heterocycles. The summed E-state index contributed by atoms with van der Waals surface area (Å²) in [6.07, 6.45) is 0. The maximum atomic E-state index is 13.3. The van der Waals surface area contributed by atoms with Gasteiger partial charge in [-0.1, -0.05) is 37.3 Å². The minimum atomic E-state index is -0.665. The number of rotatable bonds is 3. The van der Waals surface area contributed by atoms with Crippen LogP contribution in [0.25, 0.3) is 11.0 Å². The molecular weight excluding hydrogens is 354 g/mol. The Balaban J connectivity index is 1.82. The van der Waals surface area contributed by atoms with Crippen LogP contribution in [-0.2, 0) is 17.9 Å². The van der Waals surface area contributed by atoms with Crippen molar-refractivity contribution in [2.45, 2.75) is 45.8 Å². The smallest absolute Gasteiger partial charge is 0.307 e. The monoisotopic (exact) mass is 377 g/mol. The molecule has 2 heterocycles. The molecule has 6 heteroatoms. The van der Waals surface area contributed by atoms with Gasteiger partial charge in [0, 0.05) is 24.2 Å². The number of hydrogen-bond donors (Lipinski definition) is 0. The molecule has 3 aromatic rings. The molecule has 1 amide bonds. The first kappa shape index (κ1) is 18.2. The van der Waals surface area contributed by atoms with Crippen LogP contribution in [-0.4, -0.2) is 21.1 Å². The Kier molecular flexibility index (Phi) is 4.41. The summed E-state index contributed by atoms with van der Waals surface area (Å²) in [7, 11) is 0. The number of aryl methyl sites for hydroxylation is 1. The van der Waals surface area contributed by atoms with Crippen LogP contribution in [0.15, 0.2) is 58.1 Å². The number of carbonyl (C=O) groups is 1. The SMILES string of the molecule is CCn1c(=O)c(=O)n(CC(=O)N2c3ccccc3C(C)C2C)c2ccccc21. The molecule has 0 radical (unpaired) electrons. The lowest BCUT2D eigenvalue weighted by molar-refractivity contribution is -0.119. The van der Waals surface area contributed by atoms with Crippen LogP contribution in [0.4, 0.5) is 5.69 Å². The molecule has 1 aliphatic heterocycles. The highest BCUT2D eigenvalue weighted by atomic mass is 16.2. The highest BCUT2D eigenvalue weighted by molar-refractivity contribution is 5.97. The Morgan fingerprint density at radius 3 is 2.14 bits per heavy atom. The normalized spacial score (nSPS) is 18.5. The van der Waals surface area contributed by atoms with Crippen molar-refractivity contribution < 1.29 is 4.79 Å². The Labute approximate surface area is 162 Å². The molecule has 0 bridgehead atoms. The molecule has 2 atom stereocenters. The van der Waals surface area contributed by atoms with Crippen LogP contribution in [0.1, 0.15) is 32.3 Å². The van der Waals surface area contributed by atoms with E-state index in [1.165, 1.54) is 9.13 Å². The van der Waals surface area contributed by atoms with Crippen molar-refractivity contribution in [2.75, 3.05) is 4.90 Å². The van der Waals surface area contributed by atoms with Gasteiger partial charge in [-0.15, -0.1) is 0 Å². The van der Waals surface area contributed by atoms with Crippen molar-refractivity contribution in [3.8, 4) is 0 Å². The van der Waals surface area contributed by atoms with Crippen LogP contribution in [0.5, 0.6) is 0 Å². The lowest BCUT2D eigenvalue weighted by Gasteiger charge is -2.25. The first-order valence-corrected chi connectivity index (χ1v) is 9.59. The van der Waals surface area contributed by atoms with Crippen molar-refractivity contribution in [3.63, 3.8) is 0 Å². The van der Waals surface area contributed by atoms with E-state index < -0.39 is 11.1 Å². The maximum absolute atomic E-state index is 13.3. The zero-order valence-corrected chi connectivity index (χ0v) is 16.3. The fourth-order valence-electron chi connectivity index (χ4n) is 4.21. The van der Waals surface area contributed by atoms with E-state index in [9.17, 15) is 14.4 Å². The second kappa shape index (κ2) is 6.78. The topological polar surface area (TPSA) is 64.3 Å². The van der Waals surface area contributed by atoms with Crippen LogP contribution in [0.3, 0.4) is 0 Å². The zero-order chi connectivity index (χ0) is 20.0. The van der Waals surface area contributed by atoms with Crippen LogP contribution in [0, 0.1) is 0 Å². The van der Waals surface area contributed by atoms with Gasteiger partial charge in [-0.25, -0.2) is 0 Å². The molecule has 0 saturated carbocycles. The van der Waals surface area contributed by atoms with Gasteiger partial charge < -0.3 is 9.47 Å². The van der Waals surface area contributed by atoms with E-state index in [4.69, 9.17) is 0 Å². The number of para-hydroxylation sites is 3. The van der Waals surface area contributed by atoms with Crippen molar-refractivity contribution >= 4 is 22.6 Å². The largest absolute Gasteiger partial charge is 0.317 e. The van der Waals surface area contributed by atoms with Gasteiger partial charge in [0.1, 0.15) is 6.54 Å². The summed E-state index contributed by atoms with van der Waals surface area (Å²) >= 11 is 0. The molecule has 144 valence electrons. The Bertz CT molecular complexity index is 1190. The molecule has 2 unspecified atom stereocenters. The Morgan fingerprint density at radius 1 is 0.893 bits per heavy atom. The van der Waals surface area contributed by atoms with E-state index in [-0.39, 0.29) is 24.4 Å². The number of nitrogens with zero attached hydrogens (tertiary/aromatic N) is 3. The van der Waals surface area contributed by atoms with Crippen molar-refractivity contribution in [1.82, 2.24) is 9.13 Å². The van der Waals surface area contributed by atoms with Gasteiger partial charge in [0.05, 0.1) is 11.0 Å². The standard InChI is InChI=1S/C22H23N3O3/c1-4-23-18-11-7-8-12-19(18)24(22(28)21(23)27)13-20(26)25-15(3)14(2)16-9-5-6-10-17(16)25/h5-12,14-15H,4,13H2,1-3H3. The lowest BCUT2D eigenvalue weighted by atomic mass is 9.98. The average molecular weight is 377 g/mol. The van der Waals surface area contributed by atoms with E-state index in [0.717, 1.165) is 11.3 Å². The summed E-state index contributed by atoms with van der Waals surface area (Å²) in [5.74, 6) is 0.0203. The van der Waals surface area contributed by atoms with E-state index in [0.29, 0.717) is 17.6 Å². The molecule has 0 aliphatic carbocycles. The molecule has 0 spiro atoms. The number of carbonyl (C=O) groups excluding carboxylic acids is 1. The number of fused-ring (bicyclic) bond motifs is 2. The second-order valence-corrected chi connectivity index (χ2v) is 7.28. The predicted molar refractivity (Wildman–Crippen MR) is 110 cm³/mol. The molecule has 0 N–H and O–H groups in total. The fraction of sp³-hybridized carbons (Fsp3) is 0.318. The summed E-state index contributed by atoms with van der Waals surface area (Å²) in [5.41, 5.74) is 1.99. The molecule has 2 aromatic carbocycles. The van der Waals surface area contributed by atoms with Gasteiger partial charge in [-0.05, 0) is 37.6 Å². The van der Waals surface area contributed by atoms with Crippen molar-refractivity contribution in [3.05, 3.63) is 74.8 Å². The van der Waals surface area contributed by atoms with E-state index >= 15 is 0 Å². The molecule has 28 heavy (non-hydrogen) atoms. The summed E-state index contributed by atoms with van der Waals surface area (Å²) in [5, 5.41) is 0. The second-order valence-electron chi connectivity index (χ2n) is 7.28. The molecule has 0 fully saturated rings. The molecule has 6 nitrogen and oxygen atoms in total. The van der Waals surface area contributed by atoms with Crippen LogP contribution >= 0.6 is 0 Å².